The number of carbonyl (C=O) groups is 1. The first-order valence-electron chi connectivity index (χ1n) is 7.00. The molecule has 0 saturated carbocycles. The van der Waals surface area contributed by atoms with Crippen molar-refractivity contribution in [1.29, 1.82) is 0 Å². The van der Waals surface area contributed by atoms with Gasteiger partial charge in [0.05, 0.1) is 0 Å². The summed E-state index contributed by atoms with van der Waals surface area (Å²) in [5.74, 6) is 0.850. The van der Waals surface area contributed by atoms with Crippen LogP contribution in [0.1, 0.15) is 25.3 Å². The number of halogens is 1. The van der Waals surface area contributed by atoms with Crippen LogP contribution in [0.25, 0.3) is 0 Å². The van der Waals surface area contributed by atoms with Crippen molar-refractivity contribution in [2.75, 3.05) is 20.1 Å². The summed E-state index contributed by atoms with van der Waals surface area (Å²) >= 11 is 3.46. The lowest BCUT2D eigenvalue weighted by atomic mass is 10.2. The van der Waals surface area contributed by atoms with Gasteiger partial charge < -0.3 is 15.0 Å². The van der Waals surface area contributed by atoms with E-state index in [-0.39, 0.29) is 5.91 Å². The van der Waals surface area contributed by atoms with E-state index in [0.29, 0.717) is 6.54 Å². The minimum atomic E-state index is -0.440. The second-order valence-electron chi connectivity index (χ2n) is 5.07. The van der Waals surface area contributed by atoms with E-state index in [0.717, 1.165) is 41.7 Å². The molecule has 0 radical (unpaired) electrons. The van der Waals surface area contributed by atoms with E-state index < -0.39 is 6.10 Å². The number of rotatable bonds is 5. The lowest BCUT2D eigenvalue weighted by Crippen LogP contribution is -2.38. The summed E-state index contributed by atoms with van der Waals surface area (Å²) in [5, 5.41) is 3.11. The van der Waals surface area contributed by atoms with Gasteiger partial charge >= 0.3 is 0 Å². The number of nitrogens with one attached hydrogen (secondary N) is 1. The van der Waals surface area contributed by atoms with E-state index in [4.69, 9.17) is 4.74 Å². The molecule has 0 aromatic heterocycles. The molecule has 1 aromatic carbocycles. The van der Waals surface area contributed by atoms with Gasteiger partial charge in [-0.05, 0) is 45.0 Å². The van der Waals surface area contributed by atoms with Crippen molar-refractivity contribution in [1.82, 2.24) is 10.2 Å². The molecule has 1 aliphatic rings. The summed E-state index contributed by atoms with van der Waals surface area (Å²) in [5.41, 5.74) is 1.04. The Kier molecular flexibility index (Phi) is 5.43. The Hall–Kier alpha value is -1.07. The van der Waals surface area contributed by atoms with Gasteiger partial charge in [-0.3, -0.25) is 4.79 Å². The van der Waals surface area contributed by atoms with Gasteiger partial charge in [0.25, 0.3) is 5.91 Å². The van der Waals surface area contributed by atoms with E-state index in [1.54, 1.807) is 0 Å². The molecule has 1 atom stereocenters. The molecule has 1 fully saturated rings. The highest BCUT2D eigenvalue weighted by molar-refractivity contribution is 9.10. The Bertz CT molecular complexity index is 473. The molecule has 1 heterocycles. The number of hydrogen-bond donors (Lipinski definition) is 1. The van der Waals surface area contributed by atoms with Crippen molar-refractivity contribution in [3.63, 3.8) is 0 Å². The SMILES string of the molecule is CNCc1cc(Br)ccc1OC(C)C(=O)N1CCCC1. The highest BCUT2D eigenvalue weighted by Gasteiger charge is 2.25. The van der Waals surface area contributed by atoms with Crippen LogP contribution in [0.2, 0.25) is 0 Å². The summed E-state index contributed by atoms with van der Waals surface area (Å²) in [7, 11) is 1.89. The predicted molar refractivity (Wildman–Crippen MR) is 82.8 cm³/mol. The third-order valence-electron chi connectivity index (χ3n) is 3.46. The molecular formula is C15H21BrN2O2. The van der Waals surface area contributed by atoms with Gasteiger partial charge in [-0.2, -0.15) is 0 Å². The number of nitrogens with zero attached hydrogens (tertiary/aromatic N) is 1. The maximum Gasteiger partial charge on any atom is 0.263 e. The average Bonchev–Trinajstić information content (AvgIpc) is 2.95. The van der Waals surface area contributed by atoms with Crippen LogP contribution in [-0.4, -0.2) is 37.0 Å². The molecule has 1 amide bonds. The minimum absolute atomic E-state index is 0.0841. The molecule has 1 saturated heterocycles. The number of ether oxygens (including phenoxy) is 1. The highest BCUT2D eigenvalue weighted by atomic mass is 79.9. The van der Waals surface area contributed by atoms with E-state index in [9.17, 15) is 4.79 Å². The Morgan fingerprint density at radius 2 is 2.15 bits per heavy atom. The zero-order valence-corrected chi connectivity index (χ0v) is 13.6. The van der Waals surface area contributed by atoms with E-state index in [2.05, 4.69) is 21.2 Å². The third kappa shape index (κ3) is 3.73. The quantitative estimate of drug-likeness (QED) is 0.895. The number of amides is 1. The van der Waals surface area contributed by atoms with Crippen molar-refractivity contribution in [2.45, 2.75) is 32.4 Å². The lowest BCUT2D eigenvalue weighted by molar-refractivity contribution is -0.136. The molecule has 2 rings (SSSR count). The molecule has 110 valence electrons. The first-order valence-corrected chi connectivity index (χ1v) is 7.79. The maximum absolute atomic E-state index is 12.3. The van der Waals surface area contributed by atoms with Crippen molar-refractivity contribution in [3.8, 4) is 5.75 Å². The second-order valence-corrected chi connectivity index (χ2v) is 5.99. The number of likely N-dealkylation sites (tertiary alicyclic amines) is 1. The highest BCUT2D eigenvalue weighted by Crippen LogP contribution is 2.24. The molecule has 0 aliphatic carbocycles. The van der Waals surface area contributed by atoms with Gasteiger partial charge in [-0.1, -0.05) is 15.9 Å². The first-order chi connectivity index (χ1) is 9.61. The molecule has 5 heteroatoms. The van der Waals surface area contributed by atoms with Crippen molar-refractivity contribution in [3.05, 3.63) is 28.2 Å². The fraction of sp³-hybridized carbons (Fsp3) is 0.533. The number of carbonyl (C=O) groups excluding carboxylic acids is 1. The van der Waals surface area contributed by atoms with Gasteiger partial charge in [0.2, 0.25) is 0 Å². The fourth-order valence-electron chi connectivity index (χ4n) is 2.43. The van der Waals surface area contributed by atoms with Gasteiger partial charge in [-0.15, -0.1) is 0 Å². The Morgan fingerprint density at radius 1 is 1.45 bits per heavy atom. The summed E-state index contributed by atoms with van der Waals surface area (Å²) in [6.45, 7) is 4.25. The first kappa shape index (κ1) is 15.3. The molecule has 1 unspecified atom stereocenters. The smallest absolute Gasteiger partial charge is 0.263 e. The predicted octanol–water partition coefficient (Wildman–Crippen LogP) is 2.56. The molecule has 0 bridgehead atoms. The minimum Gasteiger partial charge on any atom is -0.481 e. The monoisotopic (exact) mass is 340 g/mol. The largest absolute Gasteiger partial charge is 0.481 e. The molecule has 20 heavy (non-hydrogen) atoms. The topological polar surface area (TPSA) is 41.6 Å². The zero-order valence-electron chi connectivity index (χ0n) is 12.0. The maximum atomic E-state index is 12.3. The Morgan fingerprint density at radius 3 is 2.80 bits per heavy atom. The van der Waals surface area contributed by atoms with Crippen LogP contribution in [-0.2, 0) is 11.3 Å². The van der Waals surface area contributed by atoms with E-state index in [1.807, 2.05) is 37.1 Å². The van der Waals surface area contributed by atoms with Crippen LogP contribution in [0.3, 0.4) is 0 Å². The summed E-state index contributed by atoms with van der Waals surface area (Å²) < 4.78 is 6.88. The molecule has 1 aliphatic heterocycles. The fourth-order valence-corrected chi connectivity index (χ4v) is 2.84. The summed E-state index contributed by atoms with van der Waals surface area (Å²) in [6, 6.07) is 5.85. The third-order valence-corrected chi connectivity index (χ3v) is 3.95. The molecule has 0 spiro atoms. The molecular weight excluding hydrogens is 320 g/mol. The van der Waals surface area contributed by atoms with Crippen LogP contribution in [0.5, 0.6) is 5.75 Å². The second kappa shape index (κ2) is 7.09. The average molecular weight is 341 g/mol. The van der Waals surface area contributed by atoms with Crippen LogP contribution in [0.4, 0.5) is 0 Å². The Balaban J connectivity index is 2.06. The van der Waals surface area contributed by atoms with Crippen LogP contribution >= 0.6 is 15.9 Å². The van der Waals surface area contributed by atoms with Crippen molar-refractivity contribution in [2.24, 2.45) is 0 Å². The van der Waals surface area contributed by atoms with Gasteiger partial charge in [0.15, 0.2) is 6.10 Å². The van der Waals surface area contributed by atoms with Crippen LogP contribution in [0, 0.1) is 0 Å². The van der Waals surface area contributed by atoms with E-state index >= 15 is 0 Å². The van der Waals surface area contributed by atoms with E-state index in [1.165, 1.54) is 0 Å². The van der Waals surface area contributed by atoms with Crippen LogP contribution in [0.15, 0.2) is 22.7 Å². The normalized spacial score (nSPS) is 16.2. The standard InChI is InChI=1S/C15H21BrN2O2/c1-11(15(19)18-7-3-4-8-18)20-14-6-5-13(16)9-12(14)10-17-2/h5-6,9,11,17H,3-4,7-8,10H2,1-2H3. The van der Waals surface area contributed by atoms with Gasteiger partial charge in [-0.25, -0.2) is 0 Å². The van der Waals surface area contributed by atoms with Gasteiger partial charge in [0.1, 0.15) is 5.75 Å². The van der Waals surface area contributed by atoms with Crippen LogP contribution < -0.4 is 10.1 Å². The lowest BCUT2D eigenvalue weighted by Gasteiger charge is -2.22. The summed E-state index contributed by atoms with van der Waals surface area (Å²) in [4.78, 5) is 14.2. The molecule has 4 nitrogen and oxygen atoms in total. The van der Waals surface area contributed by atoms with Gasteiger partial charge in [0, 0.05) is 29.7 Å². The number of hydrogen-bond acceptors (Lipinski definition) is 3. The number of benzene rings is 1. The molecule has 1 aromatic rings. The molecule has 1 N–H and O–H groups in total. The van der Waals surface area contributed by atoms with Crippen molar-refractivity contribution >= 4 is 21.8 Å². The Labute approximate surface area is 128 Å². The zero-order chi connectivity index (χ0) is 14.5. The van der Waals surface area contributed by atoms with Crippen molar-refractivity contribution < 1.29 is 9.53 Å². The summed E-state index contributed by atoms with van der Waals surface area (Å²) in [6.07, 6.45) is 1.76.